The third kappa shape index (κ3) is 8.62. The third-order valence-electron chi connectivity index (χ3n) is 7.45. The molecule has 0 aliphatic heterocycles. The van der Waals surface area contributed by atoms with Gasteiger partial charge in [-0.25, -0.2) is 9.48 Å². The number of hydrogen-bond donors (Lipinski definition) is 3. The molecule has 0 aliphatic rings. The second-order valence-corrected chi connectivity index (χ2v) is 11.5. The first-order valence-electron chi connectivity index (χ1n) is 14.9. The fourth-order valence-electron chi connectivity index (χ4n) is 5.00. The molecule has 3 N–H and O–H groups in total. The van der Waals surface area contributed by atoms with Crippen molar-refractivity contribution in [1.82, 2.24) is 24.9 Å². The van der Waals surface area contributed by atoms with Gasteiger partial charge in [-0.05, 0) is 81.4 Å². The molecule has 2 amide bonds. The van der Waals surface area contributed by atoms with Gasteiger partial charge in [-0.2, -0.15) is 5.10 Å². The van der Waals surface area contributed by atoms with Crippen LogP contribution < -0.4 is 14.8 Å². The quantitative estimate of drug-likeness (QED) is 0.211. The third-order valence-corrected chi connectivity index (χ3v) is 7.45. The molecule has 13 nitrogen and oxygen atoms in total. The van der Waals surface area contributed by atoms with E-state index in [-0.39, 0.29) is 23.9 Å². The summed E-state index contributed by atoms with van der Waals surface area (Å²) in [6.45, 7) is 5.41. The summed E-state index contributed by atoms with van der Waals surface area (Å²) in [5.74, 6) is -2.66. The smallest absolute Gasteiger partial charge is 0.326 e. The number of ether oxygens (including phenoxy) is 2. The number of nitrogens with one attached hydrogen (secondary N) is 1. The van der Waals surface area contributed by atoms with Crippen LogP contribution in [0, 0.1) is 0 Å². The molecule has 0 aliphatic carbocycles. The van der Waals surface area contributed by atoms with Gasteiger partial charge >= 0.3 is 11.9 Å². The lowest BCUT2D eigenvalue weighted by molar-refractivity contribution is -0.140. The Hall–Kier alpha value is -4.91. The van der Waals surface area contributed by atoms with Crippen LogP contribution in [0.25, 0.3) is 16.9 Å². The molecule has 13 heteroatoms. The van der Waals surface area contributed by atoms with Gasteiger partial charge in [-0.15, -0.1) is 0 Å². The van der Waals surface area contributed by atoms with E-state index >= 15 is 0 Å². The van der Waals surface area contributed by atoms with Crippen molar-refractivity contribution in [3.05, 3.63) is 59.3 Å². The van der Waals surface area contributed by atoms with Gasteiger partial charge in [-0.1, -0.05) is 19.9 Å². The van der Waals surface area contributed by atoms with Crippen LogP contribution in [0.3, 0.4) is 0 Å². The minimum absolute atomic E-state index is 0.0666. The molecule has 0 radical (unpaired) electrons. The zero-order valence-corrected chi connectivity index (χ0v) is 27.4. The van der Waals surface area contributed by atoms with E-state index in [4.69, 9.17) is 14.6 Å². The molecule has 3 rings (SSSR count). The average Bonchev–Trinajstić information content (AvgIpc) is 3.46. The maximum Gasteiger partial charge on any atom is 0.326 e. The van der Waals surface area contributed by atoms with E-state index in [1.807, 2.05) is 34.0 Å². The minimum Gasteiger partial charge on any atom is -0.496 e. The first-order chi connectivity index (χ1) is 21.8. The Morgan fingerprint density at radius 3 is 2.15 bits per heavy atom. The summed E-state index contributed by atoms with van der Waals surface area (Å²) in [4.78, 5) is 53.4. The van der Waals surface area contributed by atoms with E-state index in [0.29, 0.717) is 40.6 Å². The predicted octanol–water partition coefficient (Wildman–Crippen LogP) is 3.75. The van der Waals surface area contributed by atoms with E-state index in [9.17, 15) is 24.3 Å². The lowest BCUT2D eigenvalue weighted by atomic mass is 9.97. The maximum absolute atomic E-state index is 13.4. The molecule has 0 fully saturated rings. The molecule has 0 spiro atoms. The average molecular weight is 638 g/mol. The molecule has 0 bridgehead atoms. The Balaban J connectivity index is 2.16. The van der Waals surface area contributed by atoms with Gasteiger partial charge in [0.2, 0.25) is 0 Å². The Morgan fingerprint density at radius 2 is 1.61 bits per heavy atom. The van der Waals surface area contributed by atoms with Crippen LogP contribution in [-0.2, 0) is 9.59 Å². The van der Waals surface area contributed by atoms with Crippen LogP contribution in [0.15, 0.2) is 42.5 Å². The minimum atomic E-state index is -1.44. The van der Waals surface area contributed by atoms with Crippen molar-refractivity contribution in [2.75, 3.05) is 48.5 Å². The predicted molar refractivity (Wildman–Crippen MR) is 172 cm³/mol. The highest BCUT2D eigenvalue weighted by atomic mass is 16.5. The molecule has 0 saturated heterocycles. The monoisotopic (exact) mass is 637 g/mol. The van der Waals surface area contributed by atoms with Gasteiger partial charge in [0.15, 0.2) is 5.69 Å². The van der Waals surface area contributed by atoms with E-state index in [0.717, 1.165) is 18.5 Å². The molecule has 248 valence electrons. The first-order valence-corrected chi connectivity index (χ1v) is 14.9. The number of carbonyl (C=O) groups excluding carboxylic acids is 2. The molecule has 1 heterocycles. The molecular formula is C33H43N5O8. The molecular weight excluding hydrogens is 594 g/mol. The highest BCUT2D eigenvalue weighted by Crippen LogP contribution is 2.40. The Labute approximate surface area is 268 Å². The van der Waals surface area contributed by atoms with Gasteiger partial charge in [0.25, 0.3) is 11.8 Å². The highest BCUT2D eigenvalue weighted by molar-refractivity contribution is 5.97. The number of benzene rings is 2. The lowest BCUT2D eigenvalue weighted by Crippen LogP contribution is -2.41. The summed E-state index contributed by atoms with van der Waals surface area (Å²) in [6.07, 6.45) is 0.0789. The van der Waals surface area contributed by atoms with Crippen molar-refractivity contribution >= 4 is 23.8 Å². The van der Waals surface area contributed by atoms with Crippen LogP contribution in [0.2, 0.25) is 0 Å². The van der Waals surface area contributed by atoms with Crippen molar-refractivity contribution in [3.63, 3.8) is 0 Å². The number of hydrogen-bond acceptors (Lipinski definition) is 8. The van der Waals surface area contributed by atoms with Gasteiger partial charge in [-0.3, -0.25) is 14.4 Å². The zero-order chi connectivity index (χ0) is 34.1. The number of nitrogens with zero attached hydrogens (tertiary/aromatic N) is 4. The first kappa shape index (κ1) is 35.6. The summed E-state index contributed by atoms with van der Waals surface area (Å²) in [5, 5.41) is 25.6. The summed E-state index contributed by atoms with van der Waals surface area (Å²) in [5.41, 5.74) is 2.67. The Kier molecular flexibility index (Phi) is 12.3. The molecule has 1 atom stereocenters. The number of amides is 2. The van der Waals surface area contributed by atoms with Crippen LogP contribution >= 0.6 is 0 Å². The van der Waals surface area contributed by atoms with E-state index in [1.54, 1.807) is 47.0 Å². The van der Waals surface area contributed by atoms with Crippen molar-refractivity contribution in [2.45, 2.75) is 45.1 Å². The lowest BCUT2D eigenvalue weighted by Gasteiger charge is -2.21. The molecule has 0 unspecified atom stereocenters. The summed E-state index contributed by atoms with van der Waals surface area (Å²) < 4.78 is 12.8. The number of carbonyl (C=O) groups is 4. The number of aromatic nitrogens is 2. The van der Waals surface area contributed by atoms with Crippen molar-refractivity contribution in [2.24, 2.45) is 0 Å². The van der Waals surface area contributed by atoms with Gasteiger partial charge in [0.05, 0.1) is 31.2 Å². The van der Waals surface area contributed by atoms with E-state index in [1.165, 1.54) is 20.3 Å². The molecule has 2 aromatic carbocycles. The molecule has 1 aromatic heterocycles. The Bertz CT molecular complexity index is 1540. The molecule has 46 heavy (non-hydrogen) atoms. The van der Waals surface area contributed by atoms with E-state index in [2.05, 4.69) is 15.3 Å². The van der Waals surface area contributed by atoms with Crippen LogP contribution in [-0.4, -0.2) is 108 Å². The normalized spacial score (nSPS) is 11.8. The number of methoxy groups -OCH3 is 2. The van der Waals surface area contributed by atoms with Gasteiger partial charge in [0.1, 0.15) is 17.5 Å². The van der Waals surface area contributed by atoms with Crippen molar-refractivity contribution < 1.29 is 38.9 Å². The number of aliphatic carboxylic acids is 2. The van der Waals surface area contributed by atoms with Crippen LogP contribution in [0.5, 0.6) is 11.5 Å². The number of carboxylic acid groups (broad SMARTS) is 2. The van der Waals surface area contributed by atoms with Crippen LogP contribution in [0.1, 0.15) is 65.4 Å². The zero-order valence-electron chi connectivity index (χ0n) is 27.4. The van der Waals surface area contributed by atoms with Gasteiger partial charge in [0, 0.05) is 25.6 Å². The Morgan fingerprint density at radius 1 is 0.957 bits per heavy atom. The van der Waals surface area contributed by atoms with Crippen molar-refractivity contribution in [1.29, 1.82) is 0 Å². The van der Waals surface area contributed by atoms with E-state index < -0.39 is 30.3 Å². The maximum atomic E-state index is 13.4. The summed E-state index contributed by atoms with van der Waals surface area (Å²) in [6, 6.07) is 10.6. The SMILES string of the molecule is COc1cccc(OC)c1-c1cc(C(=O)N[C@@H](CCC(=O)O)C(=O)O)nn1-c1ccc(C(=O)N(C)CCCN(C)C)cc1C(C)C. The summed E-state index contributed by atoms with van der Waals surface area (Å²) >= 11 is 0. The largest absolute Gasteiger partial charge is 0.496 e. The number of rotatable bonds is 16. The molecule has 3 aromatic rings. The summed E-state index contributed by atoms with van der Waals surface area (Å²) in [7, 11) is 8.74. The topological polar surface area (TPSA) is 164 Å². The fourth-order valence-corrected chi connectivity index (χ4v) is 5.00. The highest BCUT2D eigenvalue weighted by Gasteiger charge is 2.27. The van der Waals surface area contributed by atoms with Crippen molar-refractivity contribution in [3.8, 4) is 28.4 Å². The number of carboxylic acids is 2. The van der Waals surface area contributed by atoms with Gasteiger partial charge < -0.3 is 34.8 Å². The van der Waals surface area contributed by atoms with Crippen LogP contribution in [0.4, 0.5) is 0 Å². The standard InChI is InChI=1S/C33H43N5O8/c1-20(2)22-18-21(32(42)37(5)17-9-16-36(3)4)12-14-25(22)38-26(30-27(45-6)10-8-11-28(30)46-7)19-24(35-38)31(41)34-23(33(43)44)13-15-29(39)40/h8,10-12,14,18-20,23H,9,13,15-17H2,1-7H3,(H,34,41)(H,39,40)(H,43,44)/t23-/m0/s1. The molecule has 0 saturated carbocycles. The second-order valence-electron chi connectivity index (χ2n) is 11.5. The second kappa shape index (κ2) is 15.9. The fraction of sp³-hybridized carbons (Fsp3) is 0.424.